The third-order valence-corrected chi connectivity index (χ3v) is 2.81. The molecule has 0 spiro atoms. The Balaban J connectivity index is 4.64. The van der Waals surface area contributed by atoms with Gasteiger partial charge in [0.2, 0.25) is 0 Å². The van der Waals surface area contributed by atoms with Crippen molar-refractivity contribution >= 4 is 0 Å². The topological polar surface area (TPSA) is 0 Å². The lowest BCUT2D eigenvalue weighted by atomic mass is 9.95. The standard InChI is InChI=1S/C16H30/c1-5-9-13-15(11-7-3)16(12-8-4)14-10-6-2/h13-14H,5-12H2,1-4H3. The Bertz CT molecular complexity index is 184. The van der Waals surface area contributed by atoms with Gasteiger partial charge in [-0.05, 0) is 36.8 Å². The molecule has 0 heteroatoms. The number of unbranched alkanes of at least 4 members (excludes halogenated alkanes) is 2. The molecule has 0 heterocycles. The lowest BCUT2D eigenvalue weighted by Gasteiger charge is -2.11. The predicted molar refractivity (Wildman–Crippen MR) is 75.8 cm³/mol. The van der Waals surface area contributed by atoms with Gasteiger partial charge in [0, 0.05) is 0 Å². The van der Waals surface area contributed by atoms with Crippen LogP contribution in [0.4, 0.5) is 0 Å². The molecule has 0 aromatic carbocycles. The maximum atomic E-state index is 2.47. The number of rotatable bonds is 9. The van der Waals surface area contributed by atoms with Gasteiger partial charge in [0.1, 0.15) is 0 Å². The smallest absolute Gasteiger partial charge is 0.0282 e. The fourth-order valence-electron chi connectivity index (χ4n) is 1.96. The zero-order valence-corrected chi connectivity index (χ0v) is 11.8. The highest BCUT2D eigenvalue weighted by atomic mass is 14.1. The molecule has 0 aromatic rings. The van der Waals surface area contributed by atoms with E-state index in [1.54, 1.807) is 11.1 Å². The Labute approximate surface area is 103 Å². The van der Waals surface area contributed by atoms with Crippen molar-refractivity contribution in [2.24, 2.45) is 0 Å². The normalized spacial score (nSPS) is 13.2. The zero-order chi connectivity index (χ0) is 12.2. The summed E-state index contributed by atoms with van der Waals surface area (Å²) < 4.78 is 0. The largest absolute Gasteiger partial charge is 0.0811 e. The minimum atomic E-state index is 1.24. The molecule has 0 amide bonds. The fourth-order valence-corrected chi connectivity index (χ4v) is 1.96. The van der Waals surface area contributed by atoms with Crippen LogP contribution in [0, 0.1) is 0 Å². The Morgan fingerprint density at radius 1 is 0.625 bits per heavy atom. The van der Waals surface area contributed by atoms with E-state index in [9.17, 15) is 0 Å². The van der Waals surface area contributed by atoms with Crippen LogP contribution in [0.3, 0.4) is 0 Å². The number of allylic oxidation sites excluding steroid dienone is 4. The molecular weight excluding hydrogens is 192 g/mol. The van der Waals surface area contributed by atoms with Crippen molar-refractivity contribution in [1.29, 1.82) is 0 Å². The molecule has 94 valence electrons. The van der Waals surface area contributed by atoms with E-state index in [1.165, 1.54) is 51.4 Å². The van der Waals surface area contributed by atoms with Crippen LogP contribution in [0.25, 0.3) is 0 Å². The highest BCUT2D eigenvalue weighted by molar-refractivity contribution is 5.30. The summed E-state index contributed by atoms with van der Waals surface area (Å²) in [4.78, 5) is 0. The molecule has 0 unspecified atom stereocenters. The van der Waals surface area contributed by atoms with Crippen LogP contribution in [-0.4, -0.2) is 0 Å². The van der Waals surface area contributed by atoms with Crippen LogP contribution < -0.4 is 0 Å². The first-order valence-corrected chi connectivity index (χ1v) is 7.18. The SMILES string of the molecule is CCCC=C(CCC)C(=CCCC)CCC. The summed E-state index contributed by atoms with van der Waals surface area (Å²) in [7, 11) is 0. The van der Waals surface area contributed by atoms with Crippen molar-refractivity contribution in [1.82, 2.24) is 0 Å². The minimum Gasteiger partial charge on any atom is -0.0811 e. The van der Waals surface area contributed by atoms with Gasteiger partial charge >= 0.3 is 0 Å². The molecule has 0 aromatic heterocycles. The number of hydrogen-bond acceptors (Lipinski definition) is 0. The van der Waals surface area contributed by atoms with Crippen molar-refractivity contribution in [3.63, 3.8) is 0 Å². The summed E-state index contributed by atoms with van der Waals surface area (Å²) in [6.07, 6.45) is 15.0. The van der Waals surface area contributed by atoms with Gasteiger partial charge in [-0.2, -0.15) is 0 Å². The average molecular weight is 222 g/mol. The van der Waals surface area contributed by atoms with E-state index in [1.807, 2.05) is 0 Å². The lowest BCUT2D eigenvalue weighted by molar-refractivity contribution is 0.825. The summed E-state index contributed by atoms with van der Waals surface area (Å²) in [6, 6.07) is 0. The van der Waals surface area contributed by atoms with Crippen LogP contribution in [0.5, 0.6) is 0 Å². The Morgan fingerprint density at radius 2 is 1.00 bits per heavy atom. The van der Waals surface area contributed by atoms with E-state index >= 15 is 0 Å². The van der Waals surface area contributed by atoms with E-state index in [0.717, 1.165) is 0 Å². The molecule has 0 aliphatic rings. The van der Waals surface area contributed by atoms with Crippen LogP contribution in [0.2, 0.25) is 0 Å². The molecule has 0 atom stereocenters. The molecular formula is C16H30. The van der Waals surface area contributed by atoms with Crippen molar-refractivity contribution in [2.45, 2.75) is 79.1 Å². The molecule has 0 aliphatic carbocycles. The quantitative estimate of drug-likeness (QED) is 0.417. The van der Waals surface area contributed by atoms with Gasteiger partial charge in [-0.15, -0.1) is 0 Å². The van der Waals surface area contributed by atoms with Crippen LogP contribution in [0.1, 0.15) is 79.1 Å². The molecule has 0 fully saturated rings. The third-order valence-electron chi connectivity index (χ3n) is 2.81. The number of hydrogen-bond donors (Lipinski definition) is 0. The third kappa shape index (κ3) is 6.87. The first kappa shape index (κ1) is 15.5. The molecule has 0 bridgehead atoms. The summed E-state index contributed by atoms with van der Waals surface area (Å²) in [5, 5.41) is 0. The van der Waals surface area contributed by atoms with Crippen molar-refractivity contribution < 1.29 is 0 Å². The van der Waals surface area contributed by atoms with E-state index < -0.39 is 0 Å². The van der Waals surface area contributed by atoms with Gasteiger partial charge in [-0.3, -0.25) is 0 Å². The second-order valence-corrected chi connectivity index (χ2v) is 4.54. The van der Waals surface area contributed by atoms with Gasteiger partial charge in [0.05, 0.1) is 0 Å². The van der Waals surface area contributed by atoms with Crippen LogP contribution in [-0.2, 0) is 0 Å². The molecule has 0 rings (SSSR count). The fraction of sp³-hybridized carbons (Fsp3) is 0.750. The van der Waals surface area contributed by atoms with Gasteiger partial charge in [0.15, 0.2) is 0 Å². The zero-order valence-electron chi connectivity index (χ0n) is 11.8. The Morgan fingerprint density at radius 3 is 1.25 bits per heavy atom. The monoisotopic (exact) mass is 222 g/mol. The Kier molecular flexibility index (Phi) is 10.6. The molecule has 0 saturated carbocycles. The predicted octanol–water partition coefficient (Wildman–Crippen LogP) is 6.04. The minimum absolute atomic E-state index is 1.24. The summed E-state index contributed by atoms with van der Waals surface area (Å²) >= 11 is 0. The molecule has 0 aliphatic heterocycles. The summed E-state index contributed by atoms with van der Waals surface area (Å²) in [6.45, 7) is 9.08. The van der Waals surface area contributed by atoms with Crippen molar-refractivity contribution in [2.75, 3.05) is 0 Å². The Hall–Kier alpha value is -0.520. The van der Waals surface area contributed by atoms with Gasteiger partial charge < -0.3 is 0 Å². The molecule has 0 saturated heterocycles. The van der Waals surface area contributed by atoms with E-state index in [0.29, 0.717) is 0 Å². The van der Waals surface area contributed by atoms with Crippen molar-refractivity contribution in [3.8, 4) is 0 Å². The second-order valence-electron chi connectivity index (χ2n) is 4.54. The summed E-state index contributed by atoms with van der Waals surface area (Å²) in [5.41, 5.74) is 3.25. The lowest BCUT2D eigenvalue weighted by Crippen LogP contribution is -1.91. The highest BCUT2D eigenvalue weighted by Gasteiger charge is 2.02. The van der Waals surface area contributed by atoms with E-state index in [4.69, 9.17) is 0 Å². The van der Waals surface area contributed by atoms with E-state index in [2.05, 4.69) is 39.8 Å². The highest BCUT2D eigenvalue weighted by Crippen LogP contribution is 2.22. The maximum Gasteiger partial charge on any atom is -0.0282 e. The van der Waals surface area contributed by atoms with Gasteiger partial charge in [-0.1, -0.05) is 65.5 Å². The summed E-state index contributed by atoms with van der Waals surface area (Å²) in [5.74, 6) is 0. The van der Waals surface area contributed by atoms with Gasteiger partial charge in [0.25, 0.3) is 0 Å². The molecule has 0 nitrogen and oxygen atoms in total. The second kappa shape index (κ2) is 11.0. The molecule has 0 radical (unpaired) electrons. The molecule has 16 heavy (non-hydrogen) atoms. The first-order valence-electron chi connectivity index (χ1n) is 7.18. The van der Waals surface area contributed by atoms with Crippen LogP contribution >= 0.6 is 0 Å². The molecule has 0 N–H and O–H groups in total. The maximum absolute atomic E-state index is 2.47. The average Bonchev–Trinajstić information content (AvgIpc) is 2.30. The van der Waals surface area contributed by atoms with E-state index in [-0.39, 0.29) is 0 Å². The van der Waals surface area contributed by atoms with Crippen LogP contribution in [0.15, 0.2) is 23.3 Å². The van der Waals surface area contributed by atoms with Crippen molar-refractivity contribution in [3.05, 3.63) is 23.3 Å². The van der Waals surface area contributed by atoms with Gasteiger partial charge in [-0.25, -0.2) is 0 Å². The first-order chi connectivity index (χ1) is 7.79.